The number of likely N-dealkylation sites (tertiary alicyclic amines) is 1. The first-order valence-electron chi connectivity index (χ1n) is 9.38. The highest BCUT2D eigenvalue weighted by molar-refractivity contribution is 6.07. The van der Waals surface area contributed by atoms with Crippen molar-refractivity contribution >= 4 is 17.5 Å². The summed E-state index contributed by atoms with van der Waals surface area (Å²) >= 11 is 0. The van der Waals surface area contributed by atoms with Gasteiger partial charge in [0.1, 0.15) is 5.82 Å². The molecule has 1 aliphatic heterocycles. The molecule has 1 saturated heterocycles. The average molecular weight is 391 g/mol. The summed E-state index contributed by atoms with van der Waals surface area (Å²) in [6, 6.07) is 11.6. The van der Waals surface area contributed by atoms with E-state index < -0.39 is 6.04 Å². The number of carbonyl (C=O) groups excluding carboxylic acids is 2. The Hall–Kier alpha value is -3.68. The van der Waals surface area contributed by atoms with Crippen molar-refractivity contribution in [3.63, 3.8) is 0 Å². The lowest BCUT2D eigenvalue weighted by molar-refractivity contribution is 0.0671. The number of hydrogen-bond donors (Lipinski definition) is 1. The van der Waals surface area contributed by atoms with Gasteiger partial charge in [0.05, 0.1) is 23.5 Å². The van der Waals surface area contributed by atoms with E-state index in [2.05, 4.69) is 5.10 Å². The number of nitrogens with two attached hydrogens (primary N) is 1. The van der Waals surface area contributed by atoms with Gasteiger partial charge in [-0.25, -0.2) is 4.68 Å². The largest absolute Gasteiger partial charge is 0.383 e. The topological polar surface area (TPSA) is 103 Å². The van der Waals surface area contributed by atoms with Gasteiger partial charge in [0.15, 0.2) is 5.78 Å². The zero-order chi connectivity index (χ0) is 20.5. The summed E-state index contributed by atoms with van der Waals surface area (Å²) in [5.74, 6) is -0.319. The number of para-hydroxylation sites is 1. The molecule has 1 amide bonds. The van der Waals surface area contributed by atoms with Crippen LogP contribution in [-0.2, 0) is 7.05 Å². The van der Waals surface area contributed by atoms with Crippen molar-refractivity contribution in [2.24, 2.45) is 7.05 Å². The molecule has 4 rings (SSSR count). The van der Waals surface area contributed by atoms with Gasteiger partial charge in [0, 0.05) is 31.4 Å². The SMILES string of the molecule is Cn1ccc(C(=O)N2CCC[C@H]2C(=O)c2cnn(-c3ccccc3)c2N)cc1=O. The van der Waals surface area contributed by atoms with Crippen LogP contribution in [0.2, 0.25) is 0 Å². The molecule has 1 aliphatic rings. The molecule has 0 unspecified atom stereocenters. The van der Waals surface area contributed by atoms with E-state index in [1.165, 1.54) is 26.4 Å². The lowest BCUT2D eigenvalue weighted by Crippen LogP contribution is -2.41. The number of benzene rings is 1. The zero-order valence-electron chi connectivity index (χ0n) is 16.0. The summed E-state index contributed by atoms with van der Waals surface area (Å²) in [5.41, 5.74) is 7.26. The fourth-order valence-electron chi connectivity index (χ4n) is 3.63. The Kier molecular flexibility index (Phi) is 4.75. The third-order valence-corrected chi connectivity index (χ3v) is 5.24. The maximum absolute atomic E-state index is 13.2. The van der Waals surface area contributed by atoms with Gasteiger partial charge in [-0.05, 0) is 31.0 Å². The van der Waals surface area contributed by atoms with Crippen LogP contribution in [0, 0.1) is 0 Å². The number of nitrogen functional groups attached to an aromatic ring is 1. The van der Waals surface area contributed by atoms with E-state index in [0.29, 0.717) is 24.9 Å². The number of anilines is 1. The molecule has 0 bridgehead atoms. The highest BCUT2D eigenvalue weighted by atomic mass is 16.2. The molecule has 0 aliphatic carbocycles. The second kappa shape index (κ2) is 7.38. The molecule has 8 nitrogen and oxygen atoms in total. The second-order valence-electron chi connectivity index (χ2n) is 7.08. The quantitative estimate of drug-likeness (QED) is 0.681. The number of amides is 1. The Morgan fingerprint density at radius 3 is 2.66 bits per heavy atom. The Labute approximate surface area is 167 Å². The molecular weight excluding hydrogens is 370 g/mol. The first-order chi connectivity index (χ1) is 14.0. The third-order valence-electron chi connectivity index (χ3n) is 5.24. The molecule has 0 radical (unpaired) electrons. The van der Waals surface area contributed by atoms with Gasteiger partial charge in [-0.3, -0.25) is 14.4 Å². The number of nitrogens with zero attached hydrogens (tertiary/aromatic N) is 4. The number of aryl methyl sites for hydroxylation is 1. The van der Waals surface area contributed by atoms with Crippen molar-refractivity contribution in [1.29, 1.82) is 0 Å². The van der Waals surface area contributed by atoms with Gasteiger partial charge in [-0.2, -0.15) is 5.10 Å². The highest BCUT2D eigenvalue weighted by Gasteiger charge is 2.36. The summed E-state index contributed by atoms with van der Waals surface area (Å²) in [5, 5.41) is 4.25. The van der Waals surface area contributed by atoms with Crippen molar-refractivity contribution in [3.05, 3.63) is 76.3 Å². The zero-order valence-corrected chi connectivity index (χ0v) is 16.0. The van der Waals surface area contributed by atoms with Gasteiger partial charge in [-0.1, -0.05) is 18.2 Å². The lowest BCUT2D eigenvalue weighted by Gasteiger charge is -2.23. The summed E-state index contributed by atoms with van der Waals surface area (Å²) < 4.78 is 2.90. The summed E-state index contributed by atoms with van der Waals surface area (Å²) in [4.78, 5) is 39.5. The predicted octanol–water partition coefficient (Wildman–Crippen LogP) is 1.64. The fraction of sp³-hybridized carbons (Fsp3) is 0.238. The van der Waals surface area contributed by atoms with E-state index >= 15 is 0 Å². The predicted molar refractivity (Wildman–Crippen MR) is 108 cm³/mol. The van der Waals surface area contributed by atoms with Crippen molar-refractivity contribution in [2.75, 3.05) is 12.3 Å². The van der Waals surface area contributed by atoms with E-state index in [9.17, 15) is 14.4 Å². The standard InChI is InChI=1S/C21H21N5O3/c1-24-11-9-14(12-18(24)27)21(29)25-10-5-8-17(25)19(28)16-13-23-26(20(16)22)15-6-3-2-4-7-15/h2-4,6-7,9,11-13,17H,5,8,10,22H2,1H3/t17-/m0/s1. The van der Waals surface area contributed by atoms with E-state index in [1.54, 1.807) is 19.3 Å². The number of pyridine rings is 1. The second-order valence-corrected chi connectivity index (χ2v) is 7.08. The molecule has 148 valence electrons. The summed E-state index contributed by atoms with van der Waals surface area (Å²) in [7, 11) is 1.62. The number of rotatable bonds is 4. The minimum Gasteiger partial charge on any atom is -0.383 e. The molecule has 0 spiro atoms. The van der Waals surface area contributed by atoms with Crippen molar-refractivity contribution in [1.82, 2.24) is 19.2 Å². The molecular formula is C21H21N5O3. The minimum atomic E-state index is -0.623. The first kappa shape index (κ1) is 18.7. The van der Waals surface area contributed by atoms with Crippen LogP contribution >= 0.6 is 0 Å². The van der Waals surface area contributed by atoms with Crippen molar-refractivity contribution < 1.29 is 9.59 Å². The normalized spacial score (nSPS) is 16.2. The average Bonchev–Trinajstić information content (AvgIpc) is 3.37. The van der Waals surface area contributed by atoms with Crippen LogP contribution in [-0.4, -0.2) is 43.5 Å². The smallest absolute Gasteiger partial charge is 0.254 e. The van der Waals surface area contributed by atoms with Gasteiger partial charge in [-0.15, -0.1) is 0 Å². The maximum atomic E-state index is 13.2. The molecule has 29 heavy (non-hydrogen) atoms. The van der Waals surface area contributed by atoms with E-state index in [0.717, 1.165) is 5.69 Å². The molecule has 2 aromatic heterocycles. The van der Waals surface area contributed by atoms with E-state index in [4.69, 9.17) is 5.73 Å². The molecule has 3 heterocycles. The van der Waals surface area contributed by atoms with Gasteiger partial charge in [0.2, 0.25) is 0 Å². The van der Waals surface area contributed by atoms with E-state index in [-0.39, 0.29) is 28.6 Å². The van der Waals surface area contributed by atoms with Gasteiger partial charge in [0.25, 0.3) is 11.5 Å². The lowest BCUT2D eigenvalue weighted by atomic mass is 10.0. The number of hydrogen-bond acceptors (Lipinski definition) is 5. The van der Waals surface area contributed by atoms with Gasteiger partial charge >= 0.3 is 0 Å². The number of Topliss-reactive ketones (excluding diaryl/α,β-unsaturated/α-hetero) is 1. The van der Waals surface area contributed by atoms with Crippen molar-refractivity contribution in [2.45, 2.75) is 18.9 Å². The van der Waals surface area contributed by atoms with Gasteiger partial charge < -0.3 is 15.2 Å². The maximum Gasteiger partial charge on any atom is 0.254 e. The summed E-state index contributed by atoms with van der Waals surface area (Å²) in [6.45, 7) is 0.456. The Bertz CT molecular complexity index is 1130. The Morgan fingerprint density at radius 2 is 1.93 bits per heavy atom. The minimum absolute atomic E-state index is 0.237. The first-order valence-corrected chi connectivity index (χ1v) is 9.38. The molecule has 3 aromatic rings. The molecule has 2 N–H and O–H groups in total. The number of ketones is 1. The van der Waals surface area contributed by atoms with Crippen molar-refractivity contribution in [3.8, 4) is 5.69 Å². The fourth-order valence-corrected chi connectivity index (χ4v) is 3.63. The Balaban J connectivity index is 1.61. The molecule has 0 saturated carbocycles. The van der Waals surface area contributed by atoms with Crippen LogP contribution in [0.4, 0.5) is 5.82 Å². The monoisotopic (exact) mass is 391 g/mol. The van der Waals surface area contributed by atoms with Crippen LogP contribution < -0.4 is 11.3 Å². The molecule has 8 heteroatoms. The van der Waals surface area contributed by atoms with Crippen LogP contribution in [0.15, 0.2) is 59.7 Å². The van der Waals surface area contributed by atoms with Crippen LogP contribution in [0.5, 0.6) is 0 Å². The third kappa shape index (κ3) is 3.33. The Morgan fingerprint density at radius 1 is 1.17 bits per heavy atom. The van der Waals surface area contributed by atoms with Crippen LogP contribution in [0.1, 0.15) is 33.6 Å². The molecule has 1 aromatic carbocycles. The highest BCUT2D eigenvalue weighted by Crippen LogP contribution is 2.26. The van der Waals surface area contributed by atoms with E-state index in [1.807, 2.05) is 30.3 Å². The van der Waals surface area contributed by atoms with Crippen LogP contribution in [0.3, 0.4) is 0 Å². The number of aromatic nitrogens is 3. The van der Waals surface area contributed by atoms with Crippen LogP contribution in [0.25, 0.3) is 5.69 Å². The molecule has 1 fully saturated rings. The molecule has 1 atom stereocenters. The summed E-state index contributed by atoms with van der Waals surface area (Å²) in [6.07, 6.45) is 4.25. The number of carbonyl (C=O) groups is 2.